The zero-order valence-electron chi connectivity index (χ0n) is 59.9. The largest absolute Gasteiger partial charge is 0.481 e. The van der Waals surface area contributed by atoms with Crippen LogP contribution in [-0.2, 0) is 84.8 Å². The van der Waals surface area contributed by atoms with E-state index in [-0.39, 0.29) is 70.2 Å². The van der Waals surface area contributed by atoms with Crippen molar-refractivity contribution in [3.63, 3.8) is 0 Å². The summed E-state index contributed by atoms with van der Waals surface area (Å²) in [7, 11) is 0. The lowest BCUT2D eigenvalue weighted by molar-refractivity contribution is -0.143. The molecule has 0 fully saturated rings. The third-order valence-corrected chi connectivity index (χ3v) is 17.4. The van der Waals surface area contributed by atoms with E-state index >= 15 is 0 Å². The molecule has 12 amide bonds. The smallest absolute Gasteiger partial charge is 0.326 e. The Hall–Kier alpha value is -9.40. The number of carbonyl (C=O) groups excluding carboxylic acids is 12. The second-order valence-electron chi connectivity index (χ2n) is 25.5. The van der Waals surface area contributed by atoms with Crippen molar-refractivity contribution in [1.29, 1.82) is 0 Å². The van der Waals surface area contributed by atoms with E-state index in [4.69, 9.17) is 28.7 Å². The molecular weight excluding hydrogens is 1390 g/mol. The van der Waals surface area contributed by atoms with Gasteiger partial charge in [-0.1, -0.05) is 80.9 Å². The first-order valence-corrected chi connectivity index (χ1v) is 36.2. The van der Waals surface area contributed by atoms with Crippen LogP contribution in [0.15, 0.2) is 60.7 Å². The first kappa shape index (κ1) is 91.7. The number of aliphatic hydroxyl groups excluding tert-OH is 2. The number of amides is 12. The van der Waals surface area contributed by atoms with Gasteiger partial charge in [-0.15, -0.1) is 0 Å². The second kappa shape index (κ2) is 49.3. The SMILES string of the molecule is CC[C@H](C)[C@H](NC(=O)[C@H](CCC(=O)O)NC(=O)[C@H](CC(=O)O)NC(=O)[C@H](CC(N)=O)NC(=O)[C@H](Cc1ccccc1)NC(=O)[C@@H](NC(=O)[C@@H](N)Cc1ccccc1)[C@@H](C)O)C(=O)N[C@@H](CCCCN)C(=O)N[C@H](C(=O)N[C@@H](CCSC)C(=O)N[C@@H](CCCCN)C(=O)N[C@@H](CCCCN)C(=O)O)[C@@H](C)O. The van der Waals surface area contributed by atoms with Crippen molar-refractivity contribution in [2.45, 2.75) is 222 Å². The molecule has 0 aliphatic carbocycles. The van der Waals surface area contributed by atoms with Crippen molar-refractivity contribution in [2.75, 3.05) is 31.6 Å². The Kier molecular flexibility index (Phi) is 43.1. The summed E-state index contributed by atoms with van der Waals surface area (Å²) in [5.41, 5.74) is 29.8. The second-order valence-corrected chi connectivity index (χ2v) is 26.5. The quantitative estimate of drug-likeness (QED) is 0.0277. The maximum atomic E-state index is 14.5. The Morgan fingerprint density at radius 3 is 1.15 bits per heavy atom. The number of nitrogens with one attached hydrogen (secondary N) is 11. The molecule has 0 aliphatic heterocycles. The van der Waals surface area contributed by atoms with E-state index in [0.29, 0.717) is 49.8 Å². The Bertz CT molecular complexity index is 3180. The lowest BCUT2D eigenvalue weighted by Crippen LogP contribution is -2.62. The van der Waals surface area contributed by atoms with Gasteiger partial charge in [-0.3, -0.25) is 67.1 Å². The predicted molar refractivity (Wildman–Crippen MR) is 385 cm³/mol. The molecule has 26 N–H and O–H groups in total. The van der Waals surface area contributed by atoms with E-state index in [1.807, 2.05) is 0 Å². The fourth-order valence-electron chi connectivity index (χ4n) is 10.6. The van der Waals surface area contributed by atoms with E-state index in [9.17, 15) is 97.5 Å². The topological polar surface area (TPSA) is 620 Å². The first-order valence-electron chi connectivity index (χ1n) is 34.8. The van der Waals surface area contributed by atoms with Crippen LogP contribution in [0.5, 0.6) is 0 Å². The van der Waals surface area contributed by atoms with Gasteiger partial charge in [0, 0.05) is 12.8 Å². The molecule has 36 nitrogen and oxygen atoms in total. The number of primary amides is 1. The molecule has 15 atom stereocenters. The van der Waals surface area contributed by atoms with Gasteiger partial charge in [-0.2, -0.15) is 11.8 Å². The number of aliphatic hydroxyl groups is 2. The van der Waals surface area contributed by atoms with Crippen LogP contribution in [0.3, 0.4) is 0 Å². The van der Waals surface area contributed by atoms with Gasteiger partial charge in [0.1, 0.15) is 66.5 Å². The van der Waals surface area contributed by atoms with Gasteiger partial charge >= 0.3 is 17.9 Å². The van der Waals surface area contributed by atoms with Gasteiger partial charge < -0.3 is 113 Å². The van der Waals surface area contributed by atoms with Crippen LogP contribution in [-0.4, -0.2) is 231 Å². The number of aliphatic carboxylic acids is 3. The molecule has 105 heavy (non-hydrogen) atoms. The van der Waals surface area contributed by atoms with Crippen LogP contribution < -0.4 is 87.2 Å². The highest BCUT2D eigenvalue weighted by molar-refractivity contribution is 7.98. The molecule has 2 rings (SSSR count). The number of rotatable bonds is 53. The Morgan fingerprint density at radius 1 is 0.400 bits per heavy atom. The molecule has 586 valence electrons. The zero-order chi connectivity index (χ0) is 78.9. The number of benzene rings is 2. The highest BCUT2D eigenvalue weighted by atomic mass is 32.2. The number of hydrogen-bond acceptors (Lipinski definition) is 22. The minimum Gasteiger partial charge on any atom is -0.481 e. The molecule has 0 aromatic heterocycles. The average molecular weight is 1500 g/mol. The number of carboxylic acid groups (broad SMARTS) is 3. The minimum absolute atomic E-state index is 0.0309. The summed E-state index contributed by atoms with van der Waals surface area (Å²) < 4.78 is 0. The van der Waals surface area contributed by atoms with Crippen molar-refractivity contribution >= 4 is 101 Å². The molecule has 0 radical (unpaired) electrons. The number of hydrogen-bond donors (Lipinski definition) is 21. The summed E-state index contributed by atoms with van der Waals surface area (Å²) >= 11 is 1.30. The summed E-state index contributed by atoms with van der Waals surface area (Å²) in [6, 6.07) is -3.06. The Labute approximate surface area is 613 Å². The maximum Gasteiger partial charge on any atom is 0.326 e. The van der Waals surface area contributed by atoms with Gasteiger partial charge in [0.2, 0.25) is 70.9 Å². The Balaban J connectivity index is 2.50. The van der Waals surface area contributed by atoms with E-state index in [2.05, 4.69) is 58.5 Å². The van der Waals surface area contributed by atoms with Crippen molar-refractivity contribution in [2.24, 2.45) is 34.6 Å². The first-order chi connectivity index (χ1) is 49.7. The summed E-state index contributed by atoms with van der Waals surface area (Å²) in [5.74, 6) is -18.3. The fourth-order valence-corrected chi connectivity index (χ4v) is 11.0. The summed E-state index contributed by atoms with van der Waals surface area (Å²) in [5, 5.41) is 77.8. The molecule has 2 aromatic rings. The van der Waals surface area contributed by atoms with Gasteiger partial charge in [0.25, 0.3) is 0 Å². The standard InChI is InChI=1S/C68H108N16O20S/c1-6-37(2)54(65(100)76-44(24-14-17-30-70)60(95)84-56(39(4)86)66(101)77-46(28-32-105-5)59(94)74-43(23-13-16-29-69)58(93)78-47(68(103)104)25-15-18-31-71)82-61(96)45(26-27-52(88)89)75-64(99)50(36-53(90)91)80-63(98)49(35-51(73)87)79-62(97)48(34-41-21-11-8-12-22-41)81-67(102)55(38(3)85)83-57(92)42(72)33-40-19-9-7-10-20-40/h7-12,19-22,37-39,42-50,54-56,85-86H,6,13-18,23-36,69-72H2,1-5H3,(H2,73,87)(H,74,94)(H,75,99)(H,76,100)(H,77,101)(H,78,93)(H,79,97)(H,80,98)(H,81,102)(H,82,96)(H,83,92)(H,84,95)(H,88,89)(H,90,91)(H,103,104)/t37-,38+,39+,42-,43-,44-,45-,46-,47-,48-,49-,50-,54-,55-,56-/m0/s1. The van der Waals surface area contributed by atoms with Crippen molar-refractivity contribution in [3.8, 4) is 0 Å². The fraction of sp³-hybridized carbons (Fsp3) is 0.603. The molecular formula is C68H108N16O20S. The van der Waals surface area contributed by atoms with Gasteiger partial charge in [0.05, 0.1) is 31.1 Å². The monoisotopic (exact) mass is 1500 g/mol. The number of nitrogens with two attached hydrogens (primary N) is 5. The highest BCUT2D eigenvalue weighted by Crippen LogP contribution is 2.15. The number of carboxylic acids is 3. The summed E-state index contributed by atoms with van der Waals surface area (Å²) in [6.07, 6.45) is -3.48. The predicted octanol–water partition coefficient (Wildman–Crippen LogP) is -4.62. The third-order valence-electron chi connectivity index (χ3n) is 16.8. The molecule has 0 aliphatic rings. The van der Waals surface area contributed by atoms with Crippen LogP contribution in [0.1, 0.15) is 135 Å². The number of unbranched alkanes of at least 4 members (excludes halogenated alkanes) is 3. The lowest BCUT2D eigenvalue weighted by Gasteiger charge is -2.30. The lowest BCUT2D eigenvalue weighted by atomic mass is 9.96. The van der Waals surface area contributed by atoms with Crippen molar-refractivity contribution in [3.05, 3.63) is 71.8 Å². The van der Waals surface area contributed by atoms with E-state index in [1.54, 1.807) is 73.8 Å². The molecule has 0 bridgehead atoms. The number of carbonyl (C=O) groups is 15. The molecule has 0 unspecified atom stereocenters. The minimum atomic E-state index is -2.18. The van der Waals surface area contributed by atoms with Crippen molar-refractivity contribution in [1.82, 2.24) is 58.5 Å². The van der Waals surface area contributed by atoms with Gasteiger partial charge in [0.15, 0.2) is 0 Å². The molecule has 2 aromatic carbocycles. The summed E-state index contributed by atoms with van der Waals surface area (Å²) in [4.78, 5) is 204. The summed E-state index contributed by atoms with van der Waals surface area (Å²) in [6.45, 7) is 6.13. The van der Waals surface area contributed by atoms with Crippen LogP contribution in [0.25, 0.3) is 0 Å². The number of thioether (sulfide) groups is 1. The van der Waals surface area contributed by atoms with Crippen LogP contribution in [0, 0.1) is 5.92 Å². The molecule has 0 spiro atoms. The van der Waals surface area contributed by atoms with Gasteiger partial charge in [-0.25, -0.2) is 4.79 Å². The highest BCUT2D eigenvalue weighted by Gasteiger charge is 2.39. The zero-order valence-corrected chi connectivity index (χ0v) is 60.8. The van der Waals surface area contributed by atoms with Gasteiger partial charge in [-0.05, 0) is 140 Å². The molecule has 0 saturated heterocycles. The van der Waals surface area contributed by atoms with Crippen LogP contribution in [0.2, 0.25) is 0 Å². The van der Waals surface area contributed by atoms with E-state index in [0.717, 1.165) is 6.92 Å². The average Bonchev–Trinajstić information content (AvgIpc) is 0.850. The maximum absolute atomic E-state index is 14.5. The molecule has 37 heteroatoms. The van der Waals surface area contributed by atoms with Crippen LogP contribution >= 0.6 is 11.8 Å². The molecule has 0 saturated carbocycles. The third kappa shape index (κ3) is 34.8. The van der Waals surface area contributed by atoms with Crippen molar-refractivity contribution < 1.29 is 97.5 Å². The Morgan fingerprint density at radius 2 is 0.743 bits per heavy atom. The van der Waals surface area contributed by atoms with Crippen LogP contribution in [0.4, 0.5) is 0 Å². The molecule has 0 heterocycles. The normalized spacial score (nSPS) is 15.4. The van der Waals surface area contributed by atoms with E-state index < -0.39 is 205 Å². The van der Waals surface area contributed by atoms with E-state index in [1.165, 1.54) is 25.6 Å².